The molecule has 1 rings (SSSR count). The summed E-state index contributed by atoms with van der Waals surface area (Å²) < 4.78 is 16.3. The highest BCUT2D eigenvalue weighted by molar-refractivity contribution is 8.18. The molecular formula is C8H12O2S2. The molecule has 0 saturated heterocycles. The Morgan fingerprint density at radius 2 is 1.50 bits per heavy atom. The molecule has 0 heterocycles. The first-order chi connectivity index (χ1) is 5.54. The molecule has 0 aliphatic carbocycles. The maximum absolute atomic E-state index is 8.96. The van der Waals surface area contributed by atoms with Crippen molar-refractivity contribution in [2.45, 2.75) is 13.8 Å². The van der Waals surface area contributed by atoms with Gasteiger partial charge in [-0.15, -0.1) is 0 Å². The van der Waals surface area contributed by atoms with Crippen molar-refractivity contribution in [3.8, 4) is 0 Å². The summed E-state index contributed by atoms with van der Waals surface area (Å²) in [6, 6.07) is 8.36. The van der Waals surface area contributed by atoms with Gasteiger partial charge in [0.25, 0.3) is 0 Å². The van der Waals surface area contributed by atoms with Gasteiger partial charge in [0.2, 0.25) is 0 Å². The first-order valence-corrected chi connectivity index (χ1v) is 5.62. The summed E-state index contributed by atoms with van der Waals surface area (Å²) in [7, 11) is -2.29. The highest BCUT2D eigenvalue weighted by Crippen LogP contribution is 2.02. The average molecular weight is 204 g/mol. The molecule has 0 aliphatic rings. The molecular weight excluding hydrogens is 192 g/mol. The molecule has 0 aromatic heterocycles. The maximum atomic E-state index is 8.96. The van der Waals surface area contributed by atoms with E-state index in [1.807, 2.05) is 0 Å². The van der Waals surface area contributed by atoms with Gasteiger partial charge < -0.3 is 4.55 Å². The Bertz CT molecular complexity index is 277. The lowest BCUT2D eigenvalue weighted by molar-refractivity contribution is 0.583. The zero-order valence-electron chi connectivity index (χ0n) is 7.02. The van der Waals surface area contributed by atoms with E-state index in [1.54, 1.807) is 0 Å². The van der Waals surface area contributed by atoms with Crippen LogP contribution < -0.4 is 0 Å². The van der Waals surface area contributed by atoms with Crippen molar-refractivity contribution in [3.05, 3.63) is 35.4 Å². The van der Waals surface area contributed by atoms with E-state index in [2.05, 4.69) is 49.3 Å². The van der Waals surface area contributed by atoms with Gasteiger partial charge in [-0.25, -0.2) is 4.21 Å². The zero-order valence-corrected chi connectivity index (χ0v) is 8.73. The topological polar surface area (TPSA) is 37.3 Å². The van der Waals surface area contributed by atoms with E-state index in [1.165, 1.54) is 11.1 Å². The number of thiol groups is 1. The molecule has 0 amide bonds. The number of benzene rings is 1. The normalized spacial score (nSPS) is 11.2. The standard InChI is InChI=1S/C8H10.H2O2S2/c1-7-5-3-4-6-8(7)2;1-4(2)3/h3-6H,1-2H3;4H,(H,1,2,3). The fourth-order valence-corrected chi connectivity index (χ4v) is 0.663. The van der Waals surface area contributed by atoms with Crippen LogP contribution in [0.5, 0.6) is 0 Å². The highest BCUT2D eigenvalue weighted by atomic mass is 32.8. The predicted molar refractivity (Wildman–Crippen MR) is 55.4 cm³/mol. The Balaban J connectivity index is 0.000000261. The van der Waals surface area contributed by atoms with Gasteiger partial charge in [0.05, 0.1) is 0 Å². The Labute approximate surface area is 79.2 Å². The predicted octanol–water partition coefficient (Wildman–Crippen LogP) is 1.71. The summed E-state index contributed by atoms with van der Waals surface area (Å²) in [5, 5.41) is 0. The van der Waals surface area contributed by atoms with Gasteiger partial charge in [0, 0.05) is 11.2 Å². The molecule has 1 N–H and O–H groups in total. The molecule has 1 aromatic rings. The largest absolute Gasteiger partial charge is 0.308 e. The summed E-state index contributed by atoms with van der Waals surface area (Å²) in [6.07, 6.45) is 0. The van der Waals surface area contributed by atoms with Crippen LogP contribution in [0, 0.1) is 13.8 Å². The second kappa shape index (κ2) is 6.11. The smallest absolute Gasteiger partial charge is 0.130 e. The van der Waals surface area contributed by atoms with Crippen LogP contribution in [-0.4, -0.2) is 8.76 Å². The van der Waals surface area contributed by atoms with Gasteiger partial charge in [-0.3, -0.25) is 0 Å². The molecule has 68 valence electrons. The van der Waals surface area contributed by atoms with Crippen molar-refractivity contribution >= 4 is 20.8 Å². The SMILES string of the molecule is Cc1ccccc1C.O=[SH](O)=S. The molecule has 0 saturated carbocycles. The molecule has 1 unspecified atom stereocenters. The Morgan fingerprint density at radius 3 is 1.67 bits per heavy atom. The van der Waals surface area contributed by atoms with Gasteiger partial charge >= 0.3 is 0 Å². The summed E-state index contributed by atoms with van der Waals surface area (Å²) in [5.41, 5.74) is 2.74. The molecule has 1 atom stereocenters. The molecule has 12 heavy (non-hydrogen) atoms. The van der Waals surface area contributed by atoms with Crippen LogP contribution in [0.3, 0.4) is 0 Å². The minimum Gasteiger partial charge on any atom is -0.308 e. The van der Waals surface area contributed by atoms with Crippen molar-refractivity contribution in [2.24, 2.45) is 0 Å². The molecule has 0 spiro atoms. The van der Waals surface area contributed by atoms with E-state index in [0.717, 1.165) is 0 Å². The lowest BCUT2D eigenvalue weighted by Gasteiger charge is -1.93. The second-order valence-corrected chi connectivity index (χ2v) is 3.73. The quantitative estimate of drug-likeness (QED) is 0.632. The van der Waals surface area contributed by atoms with Gasteiger partial charge in [0.15, 0.2) is 0 Å². The Morgan fingerprint density at radius 1 is 1.25 bits per heavy atom. The second-order valence-electron chi connectivity index (χ2n) is 2.32. The van der Waals surface area contributed by atoms with Crippen LogP contribution in [0.2, 0.25) is 0 Å². The van der Waals surface area contributed by atoms with Crippen LogP contribution in [-0.2, 0) is 20.8 Å². The van der Waals surface area contributed by atoms with Crippen LogP contribution >= 0.6 is 0 Å². The summed E-state index contributed by atoms with van der Waals surface area (Å²) in [4.78, 5) is 0. The molecule has 2 nitrogen and oxygen atoms in total. The third-order valence-electron chi connectivity index (χ3n) is 1.43. The maximum Gasteiger partial charge on any atom is 0.130 e. The monoisotopic (exact) mass is 204 g/mol. The van der Waals surface area contributed by atoms with E-state index in [4.69, 9.17) is 8.76 Å². The van der Waals surface area contributed by atoms with Crippen LogP contribution in [0.25, 0.3) is 0 Å². The minimum atomic E-state index is -2.29. The van der Waals surface area contributed by atoms with Gasteiger partial charge in [0.1, 0.15) is 9.64 Å². The van der Waals surface area contributed by atoms with Crippen LogP contribution in [0.4, 0.5) is 0 Å². The molecule has 0 radical (unpaired) electrons. The zero-order chi connectivity index (χ0) is 9.56. The lowest BCUT2D eigenvalue weighted by atomic mass is 10.1. The van der Waals surface area contributed by atoms with Crippen LogP contribution in [0.15, 0.2) is 24.3 Å². The number of rotatable bonds is 0. The van der Waals surface area contributed by atoms with E-state index in [0.29, 0.717) is 0 Å². The van der Waals surface area contributed by atoms with Crippen molar-refractivity contribution in [3.63, 3.8) is 0 Å². The molecule has 0 fully saturated rings. The van der Waals surface area contributed by atoms with Crippen LogP contribution in [0.1, 0.15) is 11.1 Å². The molecule has 1 aromatic carbocycles. The number of hydrogen-bond acceptors (Lipinski definition) is 2. The summed E-state index contributed by atoms with van der Waals surface area (Å²) >= 11 is 3.69. The summed E-state index contributed by atoms with van der Waals surface area (Å²) in [5.74, 6) is 0. The number of hydrogen-bond donors (Lipinski definition) is 2. The highest BCUT2D eigenvalue weighted by Gasteiger charge is 1.83. The Kier molecular flexibility index (Phi) is 5.88. The fraction of sp³-hybridized carbons (Fsp3) is 0.250. The molecule has 0 bridgehead atoms. The minimum absolute atomic E-state index is 1.37. The third kappa shape index (κ3) is 6.27. The van der Waals surface area contributed by atoms with Gasteiger partial charge in [-0.2, -0.15) is 0 Å². The fourth-order valence-electron chi connectivity index (χ4n) is 0.663. The van der Waals surface area contributed by atoms with E-state index >= 15 is 0 Å². The van der Waals surface area contributed by atoms with E-state index < -0.39 is 9.64 Å². The van der Waals surface area contributed by atoms with Crippen molar-refractivity contribution < 1.29 is 8.76 Å². The Hall–Kier alpha value is -0.450. The summed E-state index contributed by atoms with van der Waals surface area (Å²) in [6.45, 7) is 4.24. The number of aryl methyl sites for hydroxylation is 2. The van der Waals surface area contributed by atoms with E-state index in [9.17, 15) is 0 Å². The third-order valence-corrected chi connectivity index (χ3v) is 1.43. The van der Waals surface area contributed by atoms with Gasteiger partial charge in [-0.1, -0.05) is 24.3 Å². The van der Waals surface area contributed by atoms with Crippen molar-refractivity contribution in [1.82, 2.24) is 0 Å². The first kappa shape index (κ1) is 11.6. The average Bonchev–Trinajstić information content (AvgIpc) is 1.94. The van der Waals surface area contributed by atoms with Gasteiger partial charge in [-0.05, 0) is 25.0 Å². The van der Waals surface area contributed by atoms with E-state index in [-0.39, 0.29) is 0 Å². The van der Waals surface area contributed by atoms with Crippen molar-refractivity contribution in [1.29, 1.82) is 0 Å². The lowest BCUT2D eigenvalue weighted by Crippen LogP contribution is -1.74. The first-order valence-electron chi connectivity index (χ1n) is 3.39. The molecule has 4 heteroatoms. The molecule has 0 aliphatic heterocycles. The van der Waals surface area contributed by atoms with Crippen molar-refractivity contribution in [2.75, 3.05) is 0 Å².